The predicted octanol–water partition coefficient (Wildman–Crippen LogP) is 1.72. The van der Waals surface area contributed by atoms with Crippen molar-refractivity contribution in [1.29, 1.82) is 0 Å². The van der Waals surface area contributed by atoms with Crippen molar-refractivity contribution in [3.63, 3.8) is 0 Å². The van der Waals surface area contributed by atoms with Gasteiger partial charge >= 0.3 is 0 Å². The highest BCUT2D eigenvalue weighted by Gasteiger charge is 2.04. The van der Waals surface area contributed by atoms with E-state index >= 15 is 0 Å². The number of aryl methyl sites for hydroxylation is 1. The second kappa shape index (κ2) is 5.48. The third-order valence-corrected chi connectivity index (χ3v) is 2.46. The lowest BCUT2D eigenvalue weighted by Crippen LogP contribution is -2.02. The van der Waals surface area contributed by atoms with Crippen LogP contribution in [0.4, 0.5) is 4.39 Å². The fraction of sp³-hybridized carbons (Fsp3) is 0.214. The normalized spacial score (nSPS) is 9.94. The van der Waals surface area contributed by atoms with Crippen LogP contribution in [0.1, 0.15) is 16.7 Å². The molecule has 0 aliphatic heterocycles. The zero-order valence-corrected chi connectivity index (χ0v) is 10.0. The van der Waals surface area contributed by atoms with Gasteiger partial charge in [-0.05, 0) is 24.6 Å². The van der Waals surface area contributed by atoms with E-state index in [1.54, 1.807) is 23.0 Å². The first kappa shape index (κ1) is 12.3. The minimum absolute atomic E-state index is 0.226. The quantitative estimate of drug-likeness (QED) is 0.817. The van der Waals surface area contributed by atoms with Gasteiger partial charge in [-0.2, -0.15) is 5.10 Å². The number of hydrogen-bond donors (Lipinski definition) is 1. The summed E-state index contributed by atoms with van der Waals surface area (Å²) in [5, 5.41) is 12.7. The molecule has 0 fully saturated rings. The number of nitrogens with zero attached hydrogens (tertiary/aromatic N) is 2. The standard InChI is InChI=1S/C14H13FN2O/c1-11-8-16-17(9-11)10-13-5-4-12(3-2-6-18)7-14(13)15/h4-5,7-9,18H,6,10H2,1H3. The molecular weight excluding hydrogens is 231 g/mol. The van der Waals surface area contributed by atoms with Crippen LogP contribution in [0.2, 0.25) is 0 Å². The summed E-state index contributed by atoms with van der Waals surface area (Å²) in [6.07, 6.45) is 3.60. The third-order valence-electron chi connectivity index (χ3n) is 2.46. The summed E-state index contributed by atoms with van der Waals surface area (Å²) in [5.41, 5.74) is 2.16. The summed E-state index contributed by atoms with van der Waals surface area (Å²) in [4.78, 5) is 0. The minimum Gasteiger partial charge on any atom is -0.384 e. The lowest BCUT2D eigenvalue weighted by atomic mass is 10.1. The Morgan fingerprint density at radius 2 is 2.28 bits per heavy atom. The molecule has 0 bridgehead atoms. The van der Waals surface area contributed by atoms with E-state index in [4.69, 9.17) is 5.11 Å². The van der Waals surface area contributed by atoms with Crippen molar-refractivity contribution in [3.8, 4) is 11.8 Å². The monoisotopic (exact) mass is 244 g/mol. The van der Waals surface area contributed by atoms with Crippen LogP contribution in [0.5, 0.6) is 0 Å². The summed E-state index contributed by atoms with van der Waals surface area (Å²) < 4.78 is 15.5. The van der Waals surface area contributed by atoms with Crippen molar-refractivity contribution in [2.75, 3.05) is 6.61 Å². The second-order valence-corrected chi connectivity index (χ2v) is 3.98. The van der Waals surface area contributed by atoms with E-state index in [0.29, 0.717) is 17.7 Å². The molecule has 1 heterocycles. The highest BCUT2D eigenvalue weighted by atomic mass is 19.1. The Kier molecular flexibility index (Phi) is 3.75. The van der Waals surface area contributed by atoms with E-state index < -0.39 is 0 Å². The number of aromatic nitrogens is 2. The molecule has 0 saturated heterocycles. The van der Waals surface area contributed by atoms with Crippen LogP contribution in [0, 0.1) is 24.6 Å². The van der Waals surface area contributed by atoms with E-state index in [9.17, 15) is 4.39 Å². The molecule has 3 nitrogen and oxygen atoms in total. The van der Waals surface area contributed by atoms with E-state index in [0.717, 1.165) is 5.56 Å². The van der Waals surface area contributed by atoms with Crippen molar-refractivity contribution in [3.05, 3.63) is 53.1 Å². The highest BCUT2D eigenvalue weighted by Crippen LogP contribution is 2.11. The van der Waals surface area contributed by atoms with Crippen LogP contribution < -0.4 is 0 Å². The average Bonchev–Trinajstić information content (AvgIpc) is 2.75. The highest BCUT2D eigenvalue weighted by molar-refractivity contribution is 5.37. The Morgan fingerprint density at radius 3 is 2.89 bits per heavy atom. The van der Waals surface area contributed by atoms with Gasteiger partial charge in [0.15, 0.2) is 0 Å². The topological polar surface area (TPSA) is 38.0 Å². The van der Waals surface area contributed by atoms with Crippen molar-refractivity contribution in [1.82, 2.24) is 9.78 Å². The van der Waals surface area contributed by atoms with E-state index in [1.165, 1.54) is 6.07 Å². The van der Waals surface area contributed by atoms with Crippen LogP contribution in [-0.4, -0.2) is 21.5 Å². The van der Waals surface area contributed by atoms with Crippen molar-refractivity contribution in [2.45, 2.75) is 13.5 Å². The van der Waals surface area contributed by atoms with Crippen LogP contribution in [0.25, 0.3) is 0 Å². The van der Waals surface area contributed by atoms with Gasteiger partial charge < -0.3 is 5.11 Å². The molecule has 0 aliphatic rings. The molecule has 0 radical (unpaired) electrons. The average molecular weight is 244 g/mol. The van der Waals surface area contributed by atoms with Crippen LogP contribution in [-0.2, 0) is 6.54 Å². The molecule has 1 aromatic carbocycles. The molecule has 0 spiro atoms. The third kappa shape index (κ3) is 2.96. The number of benzene rings is 1. The molecule has 0 unspecified atom stereocenters. The summed E-state index contributed by atoms with van der Waals surface area (Å²) in [5.74, 6) is 4.84. The molecule has 0 amide bonds. The molecular formula is C14H13FN2O. The van der Waals surface area contributed by atoms with E-state index in [-0.39, 0.29) is 12.4 Å². The Balaban J connectivity index is 2.19. The first-order valence-electron chi connectivity index (χ1n) is 5.56. The zero-order valence-electron chi connectivity index (χ0n) is 10.0. The maximum Gasteiger partial charge on any atom is 0.129 e. The van der Waals surface area contributed by atoms with Gasteiger partial charge in [-0.1, -0.05) is 17.9 Å². The van der Waals surface area contributed by atoms with Gasteiger partial charge in [0, 0.05) is 17.3 Å². The Hall–Kier alpha value is -2.12. The number of hydrogen-bond acceptors (Lipinski definition) is 2. The molecule has 1 N–H and O–H groups in total. The van der Waals surface area contributed by atoms with Gasteiger partial charge in [-0.15, -0.1) is 0 Å². The fourth-order valence-electron chi connectivity index (χ4n) is 1.62. The molecule has 0 atom stereocenters. The molecule has 4 heteroatoms. The smallest absolute Gasteiger partial charge is 0.129 e. The summed E-state index contributed by atoms with van der Waals surface area (Å²) in [7, 11) is 0. The molecule has 0 aliphatic carbocycles. The lowest BCUT2D eigenvalue weighted by Gasteiger charge is -2.04. The van der Waals surface area contributed by atoms with Crippen molar-refractivity contribution >= 4 is 0 Å². The molecule has 2 aromatic rings. The molecule has 2 rings (SSSR count). The number of rotatable bonds is 2. The van der Waals surface area contributed by atoms with Gasteiger partial charge in [-0.3, -0.25) is 4.68 Å². The molecule has 1 aromatic heterocycles. The van der Waals surface area contributed by atoms with Crippen molar-refractivity contribution in [2.24, 2.45) is 0 Å². The van der Waals surface area contributed by atoms with Crippen LogP contribution in [0.3, 0.4) is 0 Å². The largest absolute Gasteiger partial charge is 0.384 e. The molecule has 0 saturated carbocycles. The minimum atomic E-state index is -0.312. The number of halogens is 1. The summed E-state index contributed by atoms with van der Waals surface area (Å²) in [6.45, 7) is 2.11. The van der Waals surface area contributed by atoms with Crippen LogP contribution >= 0.6 is 0 Å². The second-order valence-electron chi connectivity index (χ2n) is 3.98. The van der Waals surface area contributed by atoms with E-state index in [1.807, 2.05) is 13.1 Å². The summed E-state index contributed by atoms with van der Waals surface area (Å²) in [6, 6.07) is 4.79. The number of aliphatic hydroxyl groups is 1. The SMILES string of the molecule is Cc1cnn(Cc2ccc(C#CCO)cc2F)c1. The number of aliphatic hydroxyl groups excluding tert-OH is 1. The molecule has 18 heavy (non-hydrogen) atoms. The predicted molar refractivity (Wildman–Crippen MR) is 66.4 cm³/mol. The Labute approximate surface area is 105 Å². The van der Waals surface area contributed by atoms with Gasteiger partial charge in [0.05, 0.1) is 12.7 Å². The fourth-order valence-corrected chi connectivity index (χ4v) is 1.62. The van der Waals surface area contributed by atoms with E-state index in [2.05, 4.69) is 16.9 Å². The first-order chi connectivity index (χ1) is 8.69. The van der Waals surface area contributed by atoms with Crippen LogP contribution in [0.15, 0.2) is 30.6 Å². The molecule has 92 valence electrons. The maximum atomic E-state index is 13.8. The van der Waals surface area contributed by atoms with Gasteiger partial charge in [0.2, 0.25) is 0 Å². The van der Waals surface area contributed by atoms with Gasteiger partial charge in [-0.25, -0.2) is 4.39 Å². The van der Waals surface area contributed by atoms with Crippen molar-refractivity contribution < 1.29 is 9.50 Å². The maximum absolute atomic E-state index is 13.8. The Bertz CT molecular complexity index is 608. The summed E-state index contributed by atoms with van der Waals surface area (Å²) >= 11 is 0. The first-order valence-corrected chi connectivity index (χ1v) is 5.56. The zero-order chi connectivity index (χ0) is 13.0. The van der Waals surface area contributed by atoms with Gasteiger partial charge in [0.25, 0.3) is 0 Å². The van der Waals surface area contributed by atoms with Gasteiger partial charge in [0.1, 0.15) is 12.4 Å². The lowest BCUT2D eigenvalue weighted by molar-refractivity contribution is 0.350. The Morgan fingerprint density at radius 1 is 1.44 bits per heavy atom.